The highest BCUT2D eigenvalue weighted by Gasteiger charge is 2.06. The Morgan fingerprint density at radius 1 is 1.22 bits per heavy atom. The van der Waals surface area contributed by atoms with Crippen molar-refractivity contribution in [2.75, 3.05) is 12.3 Å². The van der Waals surface area contributed by atoms with Crippen LogP contribution in [0.3, 0.4) is 0 Å². The van der Waals surface area contributed by atoms with Gasteiger partial charge in [-0.1, -0.05) is 11.6 Å². The quantitative estimate of drug-likeness (QED) is 0.920. The van der Waals surface area contributed by atoms with E-state index in [2.05, 4.69) is 9.97 Å². The summed E-state index contributed by atoms with van der Waals surface area (Å²) in [7, 11) is 0. The summed E-state index contributed by atoms with van der Waals surface area (Å²) in [6.07, 6.45) is 1.40. The highest BCUT2D eigenvalue weighted by atomic mass is 35.5. The minimum Gasteiger partial charge on any atom is -0.494 e. The predicted molar refractivity (Wildman–Crippen MR) is 69.1 cm³/mol. The molecule has 2 aromatic rings. The lowest BCUT2D eigenvalue weighted by Crippen LogP contribution is -1.97. The molecule has 0 fully saturated rings. The number of nitrogen functional groups attached to an aromatic ring is 1. The first-order valence-electron chi connectivity index (χ1n) is 5.37. The van der Waals surface area contributed by atoms with Crippen molar-refractivity contribution in [3.8, 4) is 17.4 Å². The highest BCUT2D eigenvalue weighted by Crippen LogP contribution is 2.28. The SMILES string of the molecule is CCOc1ccc(Oc2nc(N)ncc2Cl)cc1. The van der Waals surface area contributed by atoms with Crippen LogP contribution >= 0.6 is 11.6 Å². The van der Waals surface area contributed by atoms with Gasteiger partial charge in [-0.15, -0.1) is 0 Å². The molecular weight excluding hydrogens is 254 g/mol. The molecule has 0 aliphatic heterocycles. The van der Waals surface area contributed by atoms with Gasteiger partial charge in [-0.2, -0.15) is 4.98 Å². The van der Waals surface area contributed by atoms with E-state index in [0.717, 1.165) is 5.75 Å². The second-order valence-corrected chi connectivity index (χ2v) is 3.79. The Kier molecular flexibility index (Phi) is 3.84. The standard InChI is InChI=1S/C12H12ClN3O2/c1-2-17-8-3-5-9(6-4-8)18-11-10(13)7-15-12(14)16-11/h3-7H,2H2,1H3,(H2,14,15,16). The average Bonchev–Trinajstić information content (AvgIpc) is 2.37. The zero-order chi connectivity index (χ0) is 13.0. The Morgan fingerprint density at radius 2 is 1.89 bits per heavy atom. The van der Waals surface area contributed by atoms with Crippen LogP contribution in [0.4, 0.5) is 5.95 Å². The van der Waals surface area contributed by atoms with Crippen molar-refractivity contribution in [1.29, 1.82) is 0 Å². The van der Waals surface area contributed by atoms with Gasteiger partial charge >= 0.3 is 0 Å². The smallest absolute Gasteiger partial charge is 0.243 e. The van der Waals surface area contributed by atoms with E-state index in [1.807, 2.05) is 6.92 Å². The zero-order valence-corrected chi connectivity index (χ0v) is 10.5. The molecule has 2 rings (SSSR count). The molecule has 0 saturated carbocycles. The van der Waals surface area contributed by atoms with E-state index < -0.39 is 0 Å². The van der Waals surface area contributed by atoms with E-state index in [1.165, 1.54) is 6.20 Å². The molecule has 94 valence electrons. The van der Waals surface area contributed by atoms with Crippen molar-refractivity contribution in [1.82, 2.24) is 9.97 Å². The maximum atomic E-state index is 5.90. The van der Waals surface area contributed by atoms with Gasteiger partial charge in [-0.3, -0.25) is 0 Å². The molecule has 0 aliphatic carbocycles. The molecule has 1 aromatic heterocycles. The molecule has 0 atom stereocenters. The lowest BCUT2D eigenvalue weighted by molar-refractivity contribution is 0.339. The predicted octanol–water partition coefficient (Wildman–Crippen LogP) is 2.90. The van der Waals surface area contributed by atoms with Gasteiger partial charge in [0.2, 0.25) is 11.8 Å². The molecule has 0 bridgehead atoms. The Balaban J connectivity index is 2.15. The van der Waals surface area contributed by atoms with Crippen LogP contribution in [0.15, 0.2) is 30.5 Å². The molecule has 0 unspecified atom stereocenters. The van der Waals surface area contributed by atoms with Crippen molar-refractivity contribution >= 4 is 17.5 Å². The summed E-state index contributed by atoms with van der Waals surface area (Å²) >= 11 is 5.90. The van der Waals surface area contributed by atoms with Crippen LogP contribution in [0.2, 0.25) is 5.02 Å². The van der Waals surface area contributed by atoms with E-state index in [0.29, 0.717) is 17.4 Å². The number of anilines is 1. The number of rotatable bonds is 4. The van der Waals surface area contributed by atoms with Gasteiger partial charge in [0, 0.05) is 0 Å². The number of halogens is 1. The van der Waals surface area contributed by atoms with Gasteiger partial charge in [-0.05, 0) is 31.2 Å². The second-order valence-electron chi connectivity index (χ2n) is 3.39. The summed E-state index contributed by atoms with van der Waals surface area (Å²) in [4.78, 5) is 7.66. The number of nitrogens with two attached hydrogens (primary N) is 1. The van der Waals surface area contributed by atoms with Crippen molar-refractivity contribution in [3.63, 3.8) is 0 Å². The maximum Gasteiger partial charge on any atom is 0.243 e. The monoisotopic (exact) mass is 265 g/mol. The van der Waals surface area contributed by atoms with Gasteiger partial charge in [-0.25, -0.2) is 4.98 Å². The topological polar surface area (TPSA) is 70.3 Å². The molecule has 0 spiro atoms. The van der Waals surface area contributed by atoms with Crippen LogP contribution in [0, 0.1) is 0 Å². The molecule has 0 aliphatic rings. The van der Waals surface area contributed by atoms with Gasteiger partial charge in [0.25, 0.3) is 0 Å². The summed E-state index contributed by atoms with van der Waals surface area (Å²) in [6.45, 7) is 2.54. The molecule has 0 saturated heterocycles. The minimum absolute atomic E-state index is 0.111. The van der Waals surface area contributed by atoms with E-state index in [1.54, 1.807) is 24.3 Å². The Hall–Kier alpha value is -2.01. The lowest BCUT2D eigenvalue weighted by Gasteiger charge is -2.07. The second kappa shape index (κ2) is 5.55. The van der Waals surface area contributed by atoms with Crippen molar-refractivity contribution in [2.24, 2.45) is 0 Å². The van der Waals surface area contributed by atoms with Crippen molar-refractivity contribution in [3.05, 3.63) is 35.5 Å². The molecular formula is C12H12ClN3O2. The van der Waals surface area contributed by atoms with Crippen LogP contribution in [0.1, 0.15) is 6.92 Å². The first-order chi connectivity index (χ1) is 8.69. The highest BCUT2D eigenvalue weighted by molar-refractivity contribution is 6.31. The number of ether oxygens (including phenoxy) is 2. The molecule has 1 aromatic carbocycles. The number of aromatic nitrogens is 2. The van der Waals surface area contributed by atoms with Crippen LogP contribution in [-0.2, 0) is 0 Å². The van der Waals surface area contributed by atoms with Crippen LogP contribution < -0.4 is 15.2 Å². The van der Waals surface area contributed by atoms with E-state index in [-0.39, 0.29) is 11.8 Å². The third-order valence-electron chi connectivity index (χ3n) is 2.08. The van der Waals surface area contributed by atoms with Crippen LogP contribution in [0.5, 0.6) is 17.4 Å². The van der Waals surface area contributed by atoms with Gasteiger partial charge in [0.1, 0.15) is 16.5 Å². The molecule has 0 amide bonds. The van der Waals surface area contributed by atoms with E-state index in [4.69, 9.17) is 26.8 Å². The normalized spacial score (nSPS) is 10.1. The molecule has 18 heavy (non-hydrogen) atoms. The number of nitrogens with zero attached hydrogens (tertiary/aromatic N) is 2. The largest absolute Gasteiger partial charge is 0.494 e. The average molecular weight is 266 g/mol. The first-order valence-corrected chi connectivity index (χ1v) is 5.75. The van der Waals surface area contributed by atoms with Gasteiger partial charge in [0.05, 0.1) is 12.8 Å². The molecule has 0 radical (unpaired) electrons. The van der Waals surface area contributed by atoms with Gasteiger partial charge in [0.15, 0.2) is 0 Å². The number of hydrogen-bond acceptors (Lipinski definition) is 5. The molecule has 5 nitrogen and oxygen atoms in total. The van der Waals surface area contributed by atoms with Crippen LogP contribution in [-0.4, -0.2) is 16.6 Å². The molecule has 1 heterocycles. The molecule has 6 heteroatoms. The van der Waals surface area contributed by atoms with E-state index in [9.17, 15) is 0 Å². The Bertz CT molecular complexity index is 531. The first kappa shape index (κ1) is 12.4. The Labute approximate surface area is 110 Å². The third-order valence-corrected chi connectivity index (χ3v) is 2.34. The number of benzene rings is 1. The fraction of sp³-hybridized carbons (Fsp3) is 0.167. The van der Waals surface area contributed by atoms with Gasteiger partial charge < -0.3 is 15.2 Å². The van der Waals surface area contributed by atoms with Crippen molar-refractivity contribution in [2.45, 2.75) is 6.92 Å². The minimum atomic E-state index is 0.111. The third kappa shape index (κ3) is 3.01. The van der Waals surface area contributed by atoms with Crippen molar-refractivity contribution < 1.29 is 9.47 Å². The van der Waals surface area contributed by atoms with E-state index >= 15 is 0 Å². The lowest BCUT2D eigenvalue weighted by atomic mass is 10.3. The van der Waals surface area contributed by atoms with Crippen LogP contribution in [0.25, 0.3) is 0 Å². The Morgan fingerprint density at radius 3 is 2.56 bits per heavy atom. The zero-order valence-electron chi connectivity index (χ0n) is 9.76. The maximum absolute atomic E-state index is 5.90. The number of hydrogen-bond donors (Lipinski definition) is 1. The summed E-state index contributed by atoms with van der Waals surface area (Å²) < 4.78 is 10.8. The summed E-state index contributed by atoms with van der Waals surface area (Å²) in [5.41, 5.74) is 5.46. The summed E-state index contributed by atoms with van der Waals surface area (Å²) in [6, 6.07) is 7.13. The fourth-order valence-corrected chi connectivity index (χ4v) is 1.45. The molecule has 2 N–H and O–H groups in total. The summed E-state index contributed by atoms with van der Waals surface area (Å²) in [5, 5.41) is 0.304. The summed E-state index contributed by atoms with van der Waals surface area (Å²) in [5.74, 6) is 1.71. The fourth-order valence-electron chi connectivity index (χ4n) is 1.32.